The normalized spacial score (nSPS) is 20.0. The number of nitro groups is 1. The quantitative estimate of drug-likeness (QED) is 0.642. The number of nitrogens with one attached hydrogen (secondary N) is 2. The van der Waals surface area contributed by atoms with Crippen molar-refractivity contribution >= 4 is 29.0 Å². The Kier molecular flexibility index (Phi) is 4.35. The van der Waals surface area contributed by atoms with Crippen LogP contribution in [0.3, 0.4) is 0 Å². The lowest BCUT2D eigenvalue weighted by Gasteiger charge is -2.30. The molecule has 1 heterocycles. The van der Waals surface area contributed by atoms with E-state index in [0.29, 0.717) is 41.8 Å². The number of benzene rings is 1. The summed E-state index contributed by atoms with van der Waals surface area (Å²) in [5, 5.41) is 16.2. The third-order valence-electron chi connectivity index (χ3n) is 4.48. The average Bonchev–Trinajstić information content (AvgIpc) is 2.55. The summed E-state index contributed by atoms with van der Waals surface area (Å²) in [6.45, 7) is 1.65. The second kappa shape index (κ2) is 6.46. The number of aryl methyl sites for hydroxylation is 1. The number of hydrogen-bond donors (Lipinski definition) is 2. The van der Waals surface area contributed by atoms with Crippen molar-refractivity contribution in [3.63, 3.8) is 0 Å². The minimum Gasteiger partial charge on any atom is -0.329 e. The van der Waals surface area contributed by atoms with Crippen LogP contribution < -0.4 is 10.6 Å². The number of non-ortho nitro benzene ring substituents is 1. The molecule has 0 radical (unpaired) electrons. The van der Waals surface area contributed by atoms with Crippen molar-refractivity contribution in [2.45, 2.75) is 32.6 Å². The Morgan fingerprint density at radius 3 is 2.76 bits per heavy atom. The number of anilines is 1. The molecule has 8 nitrogen and oxygen atoms in total. The Morgan fingerprint density at radius 1 is 1.32 bits per heavy atom. The zero-order valence-electron chi connectivity index (χ0n) is 13.6. The molecular formula is C17H17N3O5. The summed E-state index contributed by atoms with van der Waals surface area (Å²) >= 11 is 0. The van der Waals surface area contributed by atoms with Crippen LogP contribution in [0.25, 0.3) is 0 Å². The van der Waals surface area contributed by atoms with Crippen LogP contribution in [0, 0.1) is 23.0 Å². The lowest BCUT2D eigenvalue weighted by Crippen LogP contribution is -2.41. The summed E-state index contributed by atoms with van der Waals surface area (Å²) < 4.78 is 0. The lowest BCUT2D eigenvalue weighted by atomic mass is 9.81. The first-order valence-corrected chi connectivity index (χ1v) is 7.99. The molecule has 0 saturated heterocycles. The Balaban J connectivity index is 1.86. The van der Waals surface area contributed by atoms with Crippen molar-refractivity contribution in [3.8, 4) is 0 Å². The summed E-state index contributed by atoms with van der Waals surface area (Å²) in [4.78, 5) is 47.0. The van der Waals surface area contributed by atoms with E-state index in [1.165, 1.54) is 18.2 Å². The fourth-order valence-corrected chi connectivity index (χ4v) is 3.25. The summed E-state index contributed by atoms with van der Waals surface area (Å²) in [5.41, 5.74) is 1.83. The maximum absolute atomic E-state index is 12.7. The SMILES string of the molecule is Cc1cc([N+](=O)[O-])ccc1NC(=O)[C@H]1CC(=O)NC2=C1C(=O)CCC2. The lowest BCUT2D eigenvalue weighted by molar-refractivity contribution is -0.384. The molecule has 2 amide bonds. The summed E-state index contributed by atoms with van der Waals surface area (Å²) in [5.74, 6) is -1.67. The molecule has 0 spiro atoms. The molecule has 1 aliphatic heterocycles. The van der Waals surface area contributed by atoms with E-state index in [0.717, 1.165) is 0 Å². The standard InChI is InChI=1S/C17H17N3O5/c1-9-7-10(20(24)25)5-6-12(9)19-17(23)11-8-15(22)18-13-3-2-4-14(21)16(11)13/h5-7,11H,2-4,8H2,1H3,(H,18,22)(H,19,23)/t11-/m0/s1. The fourth-order valence-electron chi connectivity index (χ4n) is 3.25. The van der Waals surface area contributed by atoms with Crippen LogP contribution in [-0.2, 0) is 14.4 Å². The predicted molar refractivity (Wildman–Crippen MR) is 88.6 cm³/mol. The highest BCUT2D eigenvalue weighted by atomic mass is 16.6. The van der Waals surface area contributed by atoms with Gasteiger partial charge in [-0.25, -0.2) is 0 Å². The van der Waals surface area contributed by atoms with E-state index >= 15 is 0 Å². The molecule has 0 fully saturated rings. The van der Waals surface area contributed by atoms with Gasteiger partial charge in [0.05, 0.1) is 10.8 Å². The highest BCUT2D eigenvalue weighted by molar-refractivity contribution is 6.09. The van der Waals surface area contributed by atoms with Gasteiger partial charge >= 0.3 is 0 Å². The van der Waals surface area contributed by atoms with Crippen molar-refractivity contribution < 1.29 is 19.3 Å². The maximum atomic E-state index is 12.7. The Hall–Kier alpha value is -3.03. The van der Waals surface area contributed by atoms with Gasteiger partial charge in [0.25, 0.3) is 5.69 Å². The van der Waals surface area contributed by atoms with Gasteiger partial charge in [0.15, 0.2) is 5.78 Å². The van der Waals surface area contributed by atoms with Crippen molar-refractivity contribution in [2.75, 3.05) is 5.32 Å². The van der Waals surface area contributed by atoms with E-state index < -0.39 is 16.7 Å². The number of allylic oxidation sites excluding steroid dienone is 1. The van der Waals surface area contributed by atoms with Crippen LogP contribution in [0.5, 0.6) is 0 Å². The minimum absolute atomic E-state index is 0.0694. The number of rotatable bonds is 3. The molecule has 1 aromatic rings. The molecule has 1 aromatic carbocycles. The smallest absolute Gasteiger partial charge is 0.269 e. The third kappa shape index (κ3) is 3.28. The molecule has 3 rings (SSSR count). The van der Waals surface area contributed by atoms with Crippen LogP contribution >= 0.6 is 0 Å². The molecule has 0 saturated carbocycles. The van der Waals surface area contributed by atoms with Gasteiger partial charge in [-0.05, 0) is 31.4 Å². The number of carbonyl (C=O) groups excluding carboxylic acids is 3. The van der Waals surface area contributed by atoms with Gasteiger partial charge in [0.1, 0.15) is 0 Å². The van der Waals surface area contributed by atoms with Crippen molar-refractivity contribution in [2.24, 2.45) is 5.92 Å². The predicted octanol–water partition coefficient (Wildman–Crippen LogP) is 1.98. The molecule has 2 N–H and O–H groups in total. The first-order valence-electron chi connectivity index (χ1n) is 7.99. The van der Waals surface area contributed by atoms with Crippen LogP contribution in [0.2, 0.25) is 0 Å². The Labute approximate surface area is 143 Å². The van der Waals surface area contributed by atoms with Crippen LogP contribution in [0.4, 0.5) is 11.4 Å². The number of Topliss-reactive ketones (excluding diaryl/α,β-unsaturated/α-hetero) is 1. The van der Waals surface area contributed by atoms with Crippen LogP contribution in [0.15, 0.2) is 29.5 Å². The van der Waals surface area contributed by atoms with E-state index in [4.69, 9.17) is 0 Å². The average molecular weight is 343 g/mol. The summed E-state index contributed by atoms with van der Waals surface area (Å²) in [6.07, 6.45) is 1.53. The number of carbonyl (C=O) groups is 3. The first-order chi connectivity index (χ1) is 11.9. The zero-order chi connectivity index (χ0) is 18.1. The number of amides is 2. The highest BCUT2D eigenvalue weighted by Gasteiger charge is 2.38. The van der Waals surface area contributed by atoms with Gasteiger partial charge in [0, 0.05) is 41.9 Å². The van der Waals surface area contributed by atoms with Gasteiger partial charge in [0.2, 0.25) is 11.8 Å². The van der Waals surface area contributed by atoms with Crippen LogP contribution in [0.1, 0.15) is 31.2 Å². The molecule has 1 aliphatic carbocycles. The van der Waals surface area contributed by atoms with Gasteiger partial charge in [-0.15, -0.1) is 0 Å². The summed E-state index contributed by atoms with van der Waals surface area (Å²) in [6, 6.07) is 4.11. The van der Waals surface area contributed by atoms with Gasteiger partial charge in [-0.1, -0.05) is 0 Å². The highest BCUT2D eigenvalue weighted by Crippen LogP contribution is 2.32. The van der Waals surface area contributed by atoms with Gasteiger partial charge < -0.3 is 10.6 Å². The summed E-state index contributed by atoms with van der Waals surface area (Å²) in [7, 11) is 0. The fraction of sp³-hybridized carbons (Fsp3) is 0.353. The maximum Gasteiger partial charge on any atom is 0.269 e. The van der Waals surface area contributed by atoms with Gasteiger partial charge in [-0.2, -0.15) is 0 Å². The number of hydrogen-bond acceptors (Lipinski definition) is 5. The molecular weight excluding hydrogens is 326 g/mol. The second-order valence-corrected chi connectivity index (χ2v) is 6.22. The monoisotopic (exact) mass is 343 g/mol. The van der Waals surface area contributed by atoms with Gasteiger partial charge in [-0.3, -0.25) is 24.5 Å². The van der Waals surface area contributed by atoms with E-state index in [-0.39, 0.29) is 23.8 Å². The number of nitrogens with zero attached hydrogens (tertiary/aromatic N) is 1. The van der Waals surface area contributed by atoms with E-state index in [9.17, 15) is 24.5 Å². The van der Waals surface area contributed by atoms with Crippen molar-refractivity contribution in [1.29, 1.82) is 0 Å². The molecule has 130 valence electrons. The molecule has 2 aliphatic rings. The molecule has 0 bridgehead atoms. The van der Waals surface area contributed by atoms with Crippen LogP contribution in [-0.4, -0.2) is 22.5 Å². The minimum atomic E-state index is -0.828. The Morgan fingerprint density at radius 2 is 2.08 bits per heavy atom. The number of nitro benzene ring substituents is 1. The molecule has 0 aromatic heterocycles. The first kappa shape index (κ1) is 16.8. The second-order valence-electron chi connectivity index (χ2n) is 6.22. The van der Waals surface area contributed by atoms with Crippen molar-refractivity contribution in [1.82, 2.24) is 5.32 Å². The van der Waals surface area contributed by atoms with E-state index in [1.807, 2.05) is 0 Å². The molecule has 0 unspecified atom stereocenters. The molecule has 8 heteroatoms. The van der Waals surface area contributed by atoms with E-state index in [2.05, 4.69) is 10.6 Å². The third-order valence-corrected chi connectivity index (χ3v) is 4.48. The zero-order valence-corrected chi connectivity index (χ0v) is 13.6. The van der Waals surface area contributed by atoms with E-state index in [1.54, 1.807) is 6.92 Å². The Bertz CT molecular complexity index is 828. The topological polar surface area (TPSA) is 118 Å². The molecule has 1 atom stereocenters. The molecule has 25 heavy (non-hydrogen) atoms. The van der Waals surface area contributed by atoms with Crippen molar-refractivity contribution in [3.05, 3.63) is 45.1 Å². The largest absolute Gasteiger partial charge is 0.329 e. The number of ketones is 1.